The van der Waals surface area contributed by atoms with Gasteiger partial charge in [-0.15, -0.1) is 0 Å². The maximum Gasteiger partial charge on any atom is 0.342 e. The number of ether oxygens (including phenoxy) is 2. The van der Waals surface area contributed by atoms with Gasteiger partial charge in [0.05, 0.1) is 25.9 Å². The van der Waals surface area contributed by atoms with Crippen LogP contribution in [-0.2, 0) is 20.9 Å². The van der Waals surface area contributed by atoms with Crippen molar-refractivity contribution >= 4 is 5.97 Å². The summed E-state index contributed by atoms with van der Waals surface area (Å²) in [5.41, 5.74) is 6.48. The normalized spacial score (nSPS) is 13.9. The molecule has 1 aromatic rings. The molecule has 2 unspecified atom stereocenters. The second kappa shape index (κ2) is 7.79. The number of alkyl halides is 1. The second-order valence-corrected chi connectivity index (χ2v) is 3.82. The van der Waals surface area contributed by atoms with Crippen molar-refractivity contribution in [3.8, 4) is 0 Å². The molecule has 0 saturated heterocycles. The fourth-order valence-electron chi connectivity index (χ4n) is 1.37. The van der Waals surface area contributed by atoms with Gasteiger partial charge in [-0.2, -0.15) is 0 Å². The fourth-order valence-corrected chi connectivity index (χ4v) is 1.37. The van der Waals surface area contributed by atoms with E-state index in [0.29, 0.717) is 6.61 Å². The summed E-state index contributed by atoms with van der Waals surface area (Å²) in [7, 11) is 0. The Morgan fingerprint density at radius 3 is 2.67 bits per heavy atom. The Kier molecular flexibility index (Phi) is 6.32. The first-order valence-corrected chi connectivity index (χ1v) is 5.83. The molecule has 0 bridgehead atoms. The number of nitrogens with two attached hydrogens (primary N) is 1. The summed E-state index contributed by atoms with van der Waals surface area (Å²) in [6.45, 7) is 2.05. The van der Waals surface area contributed by atoms with Crippen molar-refractivity contribution in [1.82, 2.24) is 0 Å². The quantitative estimate of drug-likeness (QED) is 0.749. The molecule has 0 amide bonds. The molecule has 0 radical (unpaired) electrons. The number of hydrogen-bond donors (Lipinski definition) is 1. The van der Waals surface area contributed by atoms with Crippen LogP contribution in [0.25, 0.3) is 0 Å². The fraction of sp³-hybridized carbons (Fsp3) is 0.462. The van der Waals surface area contributed by atoms with Crippen LogP contribution in [0.1, 0.15) is 12.5 Å². The highest BCUT2D eigenvalue weighted by atomic mass is 19.1. The van der Waals surface area contributed by atoms with Gasteiger partial charge in [-0.25, -0.2) is 9.18 Å². The smallest absolute Gasteiger partial charge is 0.342 e. The number of hydrogen-bond acceptors (Lipinski definition) is 4. The number of halogens is 1. The van der Waals surface area contributed by atoms with E-state index in [1.807, 2.05) is 30.3 Å². The first kappa shape index (κ1) is 14.6. The van der Waals surface area contributed by atoms with Crippen molar-refractivity contribution in [3.05, 3.63) is 35.9 Å². The third-order valence-electron chi connectivity index (χ3n) is 2.31. The zero-order valence-corrected chi connectivity index (χ0v) is 10.3. The molecule has 0 aliphatic heterocycles. The van der Waals surface area contributed by atoms with Crippen LogP contribution in [0.2, 0.25) is 0 Å². The standard InChI is InChI=1S/C13H18FNO3/c1-2-18-13(16)12(14)11(15)9-17-8-10-6-4-3-5-7-10/h3-7,11-12H,2,8-9,15H2,1H3. The van der Waals surface area contributed by atoms with Crippen LogP contribution in [0.4, 0.5) is 4.39 Å². The topological polar surface area (TPSA) is 61.5 Å². The molecule has 0 aliphatic carbocycles. The van der Waals surface area contributed by atoms with Gasteiger partial charge in [0.15, 0.2) is 0 Å². The van der Waals surface area contributed by atoms with Crippen molar-refractivity contribution in [2.75, 3.05) is 13.2 Å². The third-order valence-corrected chi connectivity index (χ3v) is 2.31. The van der Waals surface area contributed by atoms with E-state index in [0.717, 1.165) is 5.56 Å². The van der Waals surface area contributed by atoms with Crippen molar-refractivity contribution in [3.63, 3.8) is 0 Å². The molecule has 2 N–H and O–H groups in total. The van der Waals surface area contributed by atoms with Crippen LogP contribution in [0, 0.1) is 0 Å². The molecule has 4 nitrogen and oxygen atoms in total. The molecule has 5 heteroatoms. The van der Waals surface area contributed by atoms with E-state index in [1.165, 1.54) is 0 Å². The zero-order chi connectivity index (χ0) is 13.4. The monoisotopic (exact) mass is 255 g/mol. The van der Waals surface area contributed by atoms with Gasteiger partial charge in [-0.05, 0) is 12.5 Å². The minimum absolute atomic E-state index is 0.0329. The molecular weight excluding hydrogens is 237 g/mol. The van der Waals surface area contributed by atoms with Crippen LogP contribution in [0.5, 0.6) is 0 Å². The number of carbonyl (C=O) groups is 1. The van der Waals surface area contributed by atoms with E-state index in [1.54, 1.807) is 6.92 Å². The molecule has 0 aliphatic rings. The molecule has 2 atom stereocenters. The Morgan fingerprint density at radius 1 is 1.39 bits per heavy atom. The molecule has 0 heterocycles. The summed E-state index contributed by atoms with van der Waals surface area (Å²) in [4.78, 5) is 11.1. The summed E-state index contributed by atoms with van der Waals surface area (Å²) in [6.07, 6.45) is -1.85. The van der Waals surface area contributed by atoms with Gasteiger partial charge in [-0.3, -0.25) is 0 Å². The lowest BCUT2D eigenvalue weighted by Gasteiger charge is -2.15. The molecule has 18 heavy (non-hydrogen) atoms. The number of rotatable bonds is 7. The minimum atomic E-state index is -1.85. The highest BCUT2D eigenvalue weighted by Gasteiger charge is 2.26. The molecule has 0 aromatic heterocycles. The Labute approximate surface area is 106 Å². The van der Waals surface area contributed by atoms with Gasteiger partial charge in [-0.1, -0.05) is 30.3 Å². The third kappa shape index (κ3) is 4.81. The summed E-state index contributed by atoms with van der Waals surface area (Å²) >= 11 is 0. The van der Waals surface area contributed by atoms with Crippen LogP contribution >= 0.6 is 0 Å². The van der Waals surface area contributed by atoms with E-state index in [-0.39, 0.29) is 13.2 Å². The van der Waals surface area contributed by atoms with Gasteiger partial charge in [0.1, 0.15) is 0 Å². The minimum Gasteiger partial charge on any atom is -0.464 e. The Morgan fingerprint density at radius 2 is 2.06 bits per heavy atom. The van der Waals surface area contributed by atoms with Crippen LogP contribution in [-0.4, -0.2) is 31.4 Å². The van der Waals surface area contributed by atoms with Crippen molar-refractivity contribution in [1.29, 1.82) is 0 Å². The van der Waals surface area contributed by atoms with Crippen molar-refractivity contribution in [2.24, 2.45) is 5.73 Å². The first-order chi connectivity index (χ1) is 8.65. The second-order valence-electron chi connectivity index (χ2n) is 3.82. The van der Waals surface area contributed by atoms with Gasteiger partial charge >= 0.3 is 5.97 Å². The average molecular weight is 255 g/mol. The SMILES string of the molecule is CCOC(=O)C(F)C(N)COCc1ccccc1. The summed E-state index contributed by atoms with van der Waals surface area (Å²) in [5.74, 6) is -0.937. The highest BCUT2D eigenvalue weighted by Crippen LogP contribution is 2.04. The molecule has 1 rings (SSSR count). The maximum absolute atomic E-state index is 13.4. The number of benzene rings is 1. The van der Waals surface area contributed by atoms with Crippen LogP contribution in [0.3, 0.4) is 0 Å². The summed E-state index contributed by atoms with van der Waals surface area (Å²) in [6, 6.07) is 8.44. The maximum atomic E-state index is 13.4. The van der Waals surface area contributed by atoms with E-state index in [2.05, 4.69) is 4.74 Å². The largest absolute Gasteiger partial charge is 0.464 e. The lowest BCUT2D eigenvalue weighted by atomic mass is 10.2. The molecule has 100 valence electrons. The Hall–Kier alpha value is -1.46. The Bertz CT molecular complexity index is 359. The van der Waals surface area contributed by atoms with Gasteiger partial charge in [0, 0.05) is 0 Å². The summed E-state index contributed by atoms with van der Waals surface area (Å²) < 4.78 is 23.2. The van der Waals surface area contributed by atoms with Crippen LogP contribution in [0.15, 0.2) is 30.3 Å². The predicted octanol–water partition coefficient (Wildman–Crippen LogP) is 1.43. The summed E-state index contributed by atoms with van der Waals surface area (Å²) in [5, 5.41) is 0. The number of esters is 1. The molecule has 0 spiro atoms. The Balaban J connectivity index is 2.28. The molecule has 0 saturated carbocycles. The van der Waals surface area contributed by atoms with Crippen molar-refractivity contribution in [2.45, 2.75) is 25.7 Å². The number of carbonyl (C=O) groups excluding carboxylic acids is 1. The van der Waals surface area contributed by atoms with Gasteiger partial charge in [0.2, 0.25) is 6.17 Å². The van der Waals surface area contributed by atoms with E-state index >= 15 is 0 Å². The van der Waals surface area contributed by atoms with E-state index in [4.69, 9.17) is 10.5 Å². The van der Waals surface area contributed by atoms with Crippen molar-refractivity contribution < 1.29 is 18.7 Å². The lowest BCUT2D eigenvalue weighted by molar-refractivity contribution is -0.150. The molecule has 0 fully saturated rings. The van der Waals surface area contributed by atoms with Gasteiger partial charge in [0.25, 0.3) is 0 Å². The molecular formula is C13H18FNO3. The predicted molar refractivity (Wildman–Crippen MR) is 65.6 cm³/mol. The van der Waals surface area contributed by atoms with E-state index in [9.17, 15) is 9.18 Å². The zero-order valence-electron chi connectivity index (χ0n) is 10.3. The first-order valence-electron chi connectivity index (χ1n) is 5.83. The van der Waals surface area contributed by atoms with E-state index < -0.39 is 18.2 Å². The average Bonchev–Trinajstić information content (AvgIpc) is 2.39. The molecule has 1 aromatic carbocycles. The lowest BCUT2D eigenvalue weighted by Crippen LogP contribution is -2.41. The highest BCUT2D eigenvalue weighted by molar-refractivity contribution is 5.75. The van der Waals surface area contributed by atoms with Gasteiger partial charge < -0.3 is 15.2 Å². The van der Waals surface area contributed by atoms with Crippen LogP contribution < -0.4 is 5.73 Å².